The lowest BCUT2D eigenvalue weighted by atomic mass is 9.81. The summed E-state index contributed by atoms with van der Waals surface area (Å²) in [6.07, 6.45) is 3.54. The molecular weight excluding hydrogens is 490 g/mol. The standard InChI is InChI=1S/C31H39N5O3/c1-6-38-29(37)17-23(27-18-24(31(2,3)4)11-9-22(27)20-32)16-26-19-28(36(5)35-26)39-15-13-25-12-10-21-8-7-14-33-30(21)34-25/h9-12,18-19,23H,6-8,13-17H2,1-5H3,(H,33,34). The average molecular weight is 530 g/mol. The molecule has 8 heteroatoms. The first-order valence-electron chi connectivity index (χ1n) is 13.8. The normalized spacial score (nSPS) is 13.6. The topological polar surface area (TPSA) is 102 Å². The van der Waals surface area contributed by atoms with Crippen molar-refractivity contribution in [1.82, 2.24) is 14.8 Å². The number of fused-ring (bicyclic) bond motifs is 1. The molecule has 0 saturated carbocycles. The van der Waals surface area contributed by atoms with E-state index in [2.05, 4.69) is 55.5 Å². The molecule has 1 aliphatic heterocycles. The number of rotatable bonds is 10. The number of hydrogen-bond donors (Lipinski definition) is 1. The van der Waals surface area contributed by atoms with Crippen molar-refractivity contribution in [1.29, 1.82) is 5.26 Å². The summed E-state index contributed by atoms with van der Waals surface area (Å²) in [7, 11) is 1.85. The SMILES string of the molecule is CCOC(=O)CC(Cc1cc(OCCc2ccc3c(n2)NCCC3)n(C)n1)c1cc(C(C)(C)C)ccc1C#N. The zero-order chi connectivity index (χ0) is 28.0. The maximum atomic E-state index is 12.6. The number of esters is 1. The number of nitrogens with one attached hydrogen (secondary N) is 1. The van der Waals surface area contributed by atoms with Crippen LogP contribution in [0.4, 0.5) is 5.82 Å². The van der Waals surface area contributed by atoms with E-state index in [9.17, 15) is 10.1 Å². The molecule has 1 N–H and O–H groups in total. The smallest absolute Gasteiger partial charge is 0.306 e. The number of carbonyl (C=O) groups excluding carboxylic acids is 1. The fourth-order valence-electron chi connectivity index (χ4n) is 4.94. The summed E-state index contributed by atoms with van der Waals surface area (Å²) in [5.41, 5.74) is 5.49. The molecule has 0 aliphatic carbocycles. The molecule has 0 spiro atoms. The highest BCUT2D eigenvalue weighted by Crippen LogP contribution is 2.33. The number of anilines is 1. The number of aryl methyl sites for hydroxylation is 2. The van der Waals surface area contributed by atoms with Crippen LogP contribution in [0.25, 0.3) is 0 Å². The first-order valence-corrected chi connectivity index (χ1v) is 13.8. The van der Waals surface area contributed by atoms with Gasteiger partial charge < -0.3 is 14.8 Å². The van der Waals surface area contributed by atoms with Gasteiger partial charge in [0.2, 0.25) is 5.88 Å². The van der Waals surface area contributed by atoms with Crippen LogP contribution in [0.1, 0.15) is 80.1 Å². The molecule has 1 aromatic carbocycles. The van der Waals surface area contributed by atoms with Crippen LogP contribution in [0.5, 0.6) is 5.88 Å². The zero-order valence-electron chi connectivity index (χ0n) is 23.7. The van der Waals surface area contributed by atoms with Gasteiger partial charge in [-0.1, -0.05) is 39.0 Å². The van der Waals surface area contributed by atoms with Gasteiger partial charge in [0.15, 0.2) is 0 Å². The lowest BCUT2D eigenvalue weighted by Crippen LogP contribution is -2.17. The van der Waals surface area contributed by atoms with E-state index in [-0.39, 0.29) is 23.7 Å². The lowest BCUT2D eigenvalue weighted by Gasteiger charge is -2.23. The summed E-state index contributed by atoms with van der Waals surface area (Å²) < 4.78 is 13.1. The van der Waals surface area contributed by atoms with Gasteiger partial charge in [-0.25, -0.2) is 9.67 Å². The molecule has 39 heavy (non-hydrogen) atoms. The van der Waals surface area contributed by atoms with Gasteiger partial charge in [0.25, 0.3) is 0 Å². The predicted octanol–water partition coefficient (Wildman–Crippen LogP) is 5.24. The van der Waals surface area contributed by atoms with Crippen LogP contribution < -0.4 is 10.1 Å². The van der Waals surface area contributed by atoms with Crippen molar-refractivity contribution < 1.29 is 14.3 Å². The molecule has 3 heterocycles. The Morgan fingerprint density at radius 2 is 2.03 bits per heavy atom. The van der Waals surface area contributed by atoms with Gasteiger partial charge >= 0.3 is 5.97 Å². The molecular formula is C31H39N5O3. The minimum absolute atomic E-state index is 0.0911. The average Bonchev–Trinajstić information content (AvgIpc) is 3.26. The number of nitriles is 1. The third-order valence-corrected chi connectivity index (χ3v) is 7.10. The first kappa shape index (κ1) is 28.2. The minimum Gasteiger partial charge on any atom is -0.477 e. The molecule has 0 bridgehead atoms. The van der Waals surface area contributed by atoms with E-state index in [0.29, 0.717) is 37.5 Å². The lowest BCUT2D eigenvalue weighted by molar-refractivity contribution is -0.143. The highest BCUT2D eigenvalue weighted by atomic mass is 16.5. The zero-order valence-corrected chi connectivity index (χ0v) is 23.7. The number of pyridine rings is 1. The van der Waals surface area contributed by atoms with E-state index in [1.807, 2.05) is 25.2 Å². The van der Waals surface area contributed by atoms with Gasteiger partial charge in [-0.3, -0.25) is 4.79 Å². The van der Waals surface area contributed by atoms with Crippen molar-refractivity contribution in [3.05, 3.63) is 70.0 Å². The van der Waals surface area contributed by atoms with E-state index in [0.717, 1.165) is 47.7 Å². The van der Waals surface area contributed by atoms with Crippen LogP contribution >= 0.6 is 0 Å². The van der Waals surface area contributed by atoms with Crippen molar-refractivity contribution in [2.45, 2.75) is 71.1 Å². The second-order valence-corrected chi connectivity index (χ2v) is 11.1. The van der Waals surface area contributed by atoms with Crippen LogP contribution in [0.3, 0.4) is 0 Å². The predicted molar refractivity (Wildman–Crippen MR) is 151 cm³/mol. The minimum atomic E-state index is -0.285. The highest BCUT2D eigenvalue weighted by molar-refractivity contribution is 5.71. The maximum absolute atomic E-state index is 12.6. The Balaban J connectivity index is 1.50. The second-order valence-electron chi connectivity index (χ2n) is 11.1. The van der Waals surface area contributed by atoms with Crippen molar-refractivity contribution >= 4 is 11.8 Å². The fraction of sp³-hybridized carbons (Fsp3) is 0.484. The molecule has 0 saturated heterocycles. The second kappa shape index (κ2) is 12.3. The summed E-state index contributed by atoms with van der Waals surface area (Å²) in [5, 5.41) is 17.9. The summed E-state index contributed by atoms with van der Waals surface area (Å²) >= 11 is 0. The van der Waals surface area contributed by atoms with Gasteiger partial charge in [-0.05, 0) is 60.4 Å². The molecule has 3 aromatic rings. The van der Waals surface area contributed by atoms with Crippen LogP contribution in [-0.2, 0) is 41.3 Å². The van der Waals surface area contributed by atoms with E-state index >= 15 is 0 Å². The third kappa shape index (κ3) is 7.17. The number of carbonyl (C=O) groups is 1. The number of aromatic nitrogens is 3. The number of benzene rings is 1. The van der Waals surface area contributed by atoms with Crippen LogP contribution in [0.2, 0.25) is 0 Å². The molecule has 1 unspecified atom stereocenters. The van der Waals surface area contributed by atoms with Gasteiger partial charge in [0.05, 0.1) is 37.0 Å². The first-order chi connectivity index (χ1) is 18.7. The Morgan fingerprint density at radius 3 is 2.77 bits per heavy atom. The Labute approximate surface area is 231 Å². The van der Waals surface area contributed by atoms with Crippen molar-refractivity contribution in [2.24, 2.45) is 7.05 Å². The summed E-state index contributed by atoms with van der Waals surface area (Å²) in [5.74, 6) is 1.10. The third-order valence-electron chi connectivity index (χ3n) is 7.10. The Hall–Kier alpha value is -3.86. The van der Waals surface area contributed by atoms with Gasteiger partial charge in [0, 0.05) is 37.7 Å². The highest BCUT2D eigenvalue weighted by Gasteiger charge is 2.25. The van der Waals surface area contributed by atoms with E-state index in [4.69, 9.17) is 14.5 Å². The Kier molecular flexibility index (Phi) is 8.90. The number of ether oxygens (including phenoxy) is 2. The Morgan fingerprint density at radius 1 is 1.21 bits per heavy atom. The van der Waals surface area contributed by atoms with E-state index < -0.39 is 0 Å². The summed E-state index contributed by atoms with van der Waals surface area (Å²) in [4.78, 5) is 17.3. The van der Waals surface area contributed by atoms with Crippen molar-refractivity contribution in [3.8, 4) is 11.9 Å². The van der Waals surface area contributed by atoms with Crippen LogP contribution in [0, 0.1) is 11.3 Å². The number of nitrogens with zero attached hydrogens (tertiary/aromatic N) is 4. The van der Waals surface area contributed by atoms with E-state index in [1.54, 1.807) is 11.6 Å². The van der Waals surface area contributed by atoms with Crippen molar-refractivity contribution in [2.75, 3.05) is 25.1 Å². The van der Waals surface area contributed by atoms with Crippen molar-refractivity contribution in [3.63, 3.8) is 0 Å². The van der Waals surface area contributed by atoms with Gasteiger partial charge in [-0.15, -0.1) is 0 Å². The molecule has 1 aliphatic rings. The molecule has 0 amide bonds. The molecule has 2 aromatic heterocycles. The van der Waals surface area contributed by atoms with Gasteiger partial charge in [0.1, 0.15) is 5.82 Å². The fourth-order valence-corrected chi connectivity index (χ4v) is 4.94. The Bertz CT molecular complexity index is 1350. The maximum Gasteiger partial charge on any atom is 0.306 e. The molecule has 206 valence electrons. The molecule has 0 fully saturated rings. The summed E-state index contributed by atoms with van der Waals surface area (Å²) in [6.45, 7) is 9.96. The number of hydrogen-bond acceptors (Lipinski definition) is 7. The molecule has 4 rings (SSSR count). The molecule has 8 nitrogen and oxygen atoms in total. The largest absolute Gasteiger partial charge is 0.477 e. The molecule has 1 atom stereocenters. The van der Waals surface area contributed by atoms with Gasteiger partial charge in [-0.2, -0.15) is 10.4 Å². The quantitative estimate of drug-likeness (QED) is 0.358. The van der Waals surface area contributed by atoms with Crippen LogP contribution in [0.15, 0.2) is 36.4 Å². The van der Waals surface area contributed by atoms with Crippen LogP contribution in [-0.4, -0.2) is 40.5 Å². The molecule has 0 radical (unpaired) electrons. The van der Waals surface area contributed by atoms with E-state index in [1.165, 1.54) is 5.56 Å². The summed E-state index contributed by atoms with van der Waals surface area (Å²) in [6, 6.07) is 14.4. The monoisotopic (exact) mass is 529 g/mol.